The van der Waals surface area contributed by atoms with Crippen LogP contribution in [-0.4, -0.2) is 16.8 Å². The molecule has 0 saturated heterocycles. The van der Waals surface area contributed by atoms with Gasteiger partial charge in [0.15, 0.2) is 0 Å². The van der Waals surface area contributed by atoms with E-state index in [4.69, 9.17) is 0 Å². The molecule has 1 aromatic carbocycles. The maximum atomic E-state index is 4.29. The van der Waals surface area contributed by atoms with Crippen molar-refractivity contribution in [3.63, 3.8) is 0 Å². The number of nitrogens with zero attached hydrogens (tertiary/aromatic N) is 2. The molecule has 0 aliphatic heterocycles. The lowest BCUT2D eigenvalue weighted by Gasteiger charge is -2.11. The molecule has 0 bridgehead atoms. The normalized spacial score (nSPS) is 12.6. The zero-order valence-electron chi connectivity index (χ0n) is 10.6. The Labute approximate surface area is 102 Å². The Bertz CT molecular complexity index is 470. The molecule has 1 unspecified atom stereocenters. The molecule has 1 heterocycles. The third-order valence-electron chi connectivity index (χ3n) is 3.16. The van der Waals surface area contributed by atoms with Crippen molar-refractivity contribution >= 4 is 0 Å². The first kappa shape index (κ1) is 11.9. The smallest absolute Gasteiger partial charge is 0.0682 e. The Morgan fingerprint density at radius 2 is 1.94 bits per heavy atom. The summed E-state index contributed by atoms with van der Waals surface area (Å²) >= 11 is 0. The molecule has 17 heavy (non-hydrogen) atoms. The molecule has 90 valence electrons. The van der Waals surface area contributed by atoms with E-state index >= 15 is 0 Å². The van der Waals surface area contributed by atoms with Gasteiger partial charge in [0, 0.05) is 18.8 Å². The molecule has 1 N–H and O–H groups in total. The van der Waals surface area contributed by atoms with Gasteiger partial charge in [-0.2, -0.15) is 5.10 Å². The van der Waals surface area contributed by atoms with Gasteiger partial charge >= 0.3 is 0 Å². The number of rotatable bonds is 4. The highest BCUT2D eigenvalue weighted by Gasteiger charge is 2.06. The Hall–Kier alpha value is -1.61. The van der Waals surface area contributed by atoms with Crippen molar-refractivity contribution < 1.29 is 0 Å². The fraction of sp³-hybridized carbons (Fsp3) is 0.357. The van der Waals surface area contributed by atoms with Gasteiger partial charge in [0.25, 0.3) is 0 Å². The fourth-order valence-corrected chi connectivity index (χ4v) is 1.94. The molecule has 3 nitrogen and oxygen atoms in total. The van der Waals surface area contributed by atoms with E-state index in [-0.39, 0.29) is 0 Å². The van der Waals surface area contributed by atoms with Gasteiger partial charge < -0.3 is 5.32 Å². The lowest BCUT2D eigenvalue weighted by atomic mass is 10.0. The van der Waals surface area contributed by atoms with Crippen LogP contribution in [0.2, 0.25) is 0 Å². The largest absolute Gasteiger partial charge is 0.313 e. The molecule has 2 rings (SSSR count). The summed E-state index contributed by atoms with van der Waals surface area (Å²) in [6.07, 6.45) is 1.85. The molecule has 1 atom stereocenters. The average molecular weight is 229 g/mol. The van der Waals surface area contributed by atoms with E-state index in [0.717, 1.165) is 6.54 Å². The summed E-state index contributed by atoms with van der Waals surface area (Å²) < 4.78 is 2.01. The maximum absolute atomic E-state index is 4.29. The lowest BCUT2D eigenvalue weighted by Crippen LogP contribution is -2.11. The van der Waals surface area contributed by atoms with Crippen molar-refractivity contribution in [2.75, 3.05) is 7.05 Å². The summed E-state index contributed by atoms with van der Waals surface area (Å²) in [4.78, 5) is 0. The number of benzene rings is 1. The zero-order valence-corrected chi connectivity index (χ0v) is 10.6. The highest BCUT2D eigenvalue weighted by molar-refractivity contribution is 5.59. The van der Waals surface area contributed by atoms with Gasteiger partial charge in [0.2, 0.25) is 0 Å². The summed E-state index contributed by atoms with van der Waals surface area (Å²) in [5.74, 6) is 0. The van der Waals surface area contributed by atoms with Crippen LogP contribution in [0.1, 0.15) is 25.5 Å². The van der Waals surface area contributed by atoms with Crippen molar-refractivity contribution in [1.29, 1.82) is 0 Å². The standard InChI is InChI=1S/C14H19N3/c1-4-17-14(9-10-16-17)13-7-5-12(6-8-13)11(2)15-3/h5-11,15H,4H2,1-3H3. The molecule has 0 saturated carbocycles. The van der Waals surface area contributed by atoms with Crippen molar-refractivity contribution in [2.24, 2.45) is 0 Å². The van der Waals surface area contributed by atoms with Crippen molar-refractivity contribution in [3.8, 4) is 11.3 Å². The van der Waals surface area contributed by atoms with Gasteiger partial charge in [0.05, 0.1) is 5.69 Å². The minimum Gasteiger partial charge on any atom is -0.313 e. The van der Waals surface area contributed by atoms with Gasteiger partial charge in [-0.25, -0.2) is 0 Å². The predicted molar refractivity (Wildman–Crippen MR) is 70.8 cm³/mol. The summed E-state index contributed by atoms with van der Waals surface area (Å²) in [5.41, 5.74) is 3.70. The number of nitrogens with one attached hydrogen (secondary N) is 1. The molecule has 3 heteroatoms. The summed E-state index contributed by atoms with van der Waals surface area (Å²) in [6, 6.07) is 11.1. The third-order valence-corrected chi connectivity index (χ3v) is 3.16. The Morgan fingerprint density at radius 1 is 1.24 bits per heavy atom. The minimum absolute atomic E-state index is 0.389. The molecule has 0 fully saturated rings. The summed E-state index contributed by atoms with van der Waals surface area (Å²) in [7, 11) is 1.98. The molecular formula is C14H19N3. The molecule has 0 radical (unpaired) electrons. The zero-order chi connectivity index (χ0) is 12.3. The second-order valence-electron chi connectivity index (χ2n) is 4.16. The third kappa shape index (κ3) is 2.39. The second-order valence-corrected chi connectivity index (χ2v) is 4.16. The van der Waals surface area contributed by atoms with Gasteiger partial charge in [-0.1, -0.05) is 24.3 Å². The SMILES string of the molecule is CCn1nccc1-c1ccc(C(C)NC)cc1. The lowest BCUT2D eigenvalue weighted by molar-refractivity contribution is 0.652. The molecule has 0 aliphatic rings. The Kier molecular flexibility index (Phi) is 3.59. The van der Waals surface area contributed by atoms with Crippen LogP contribution in [0.4, 0.5) is 0 Å². The molecule has 0 aliphatic carbocycles. The first-order valence-corrected chi connectivity index (χ1v) is 6.05. The summed E-state index contributed by atoms with van der Waals surface area (Å²) in [6.45, 7) is 5.16. The predicted octanol–water partition coefficient (Wildman–Crippen LogP) is 2.85. The number of aromatic nitrogens is 2. The number of hydrogen-bond acceptors (Lipinski definition) is 2. The first-order chi connectivity index (χ1) is 8.26. The van der Waals surface area contributed by atoms with Crippen molar-refractivity contribution in [3.05, 3.63) is 42.1 Å². The monoisotopic (exact) mass is 229 g/mol. The van der Waals surface area contributed by atoms with Gasteiger partial charge in [-0.05, 0) is 38.1 Å². The molecular weight excluding hydrogens is 210 g/mol. The molecule has 0 spiro atoms. The van der Waals surface area contributed by atoms with Crippen LogP contribution in [0.5, 0.6) is 0 Å². The van der Waals surface area contributed by atoms with Crippen LogP contribution in [0.25, 0.3) is 11.3 Å². The average Bonchev–Trinajstić information content (AvgIpc) is 2.86. The van der Waals surface area contributed by atoms with E-state index in [2.05, 4.69) is 54.6 Å². The van der Waals surface area contributed by atoms with Gasteiger partial charge in [-0.15, -0.1) is 0 Å². The van der Waals surface area contributed by atoms with Crippen LogP contribution in [0.15, 0.2) is 36.5 Å². The van der Waals surface area contributed by atoms with Crippen LogP contribution in [-0.2, 0) is 6.54 Å². The first-order valence-electron chi connectivity index (χ1n) is 6.05. The number of hydrogen-bond donors (Lipinski definition) is 1. The van der Waals surface area contributed by atoms with Gasteiger partial charge in [0.1, 0.15) is 0 Å². The molecule has 0 amide bonds. The Morgan fingerprint density at radius 3 is 2.53 bits per heavy atom. The van der Waals surface area contributed by atoms with E-state index < -0.39 is 0 Å². The van der Waals surface area contributed by atoms with E-state index in [1.165, 1.54) is 16.8 Å². The Balaban J connectivity index is 2.29. The van der Waals surface area contributed by atoms with Gasteiger partial charge in [-0.3, -0.25) is 4.68 Å². The highest BCUT2D eigenvalue weighted by atomic mass is 15.3. The fourth-order valence-electron chi connectivity index (χ4n) is 1.94. The minimum atomic E-state index is 0.389. The van der Waals surface area contributed by atoms with Crippen molar-refractivity contribution in [2.45, 2.75) is 26.4 Å². The van der Waals surface area contributed by atoms with Crippen LogP contribution in [0.3, 0.4) is 0 Å². The molecule has 2 aromatic rings. The highest BCUT2D eigenvalue weighted by Crippen LogP contribution is 2.21. The van der Waals surface area contributed by atoms with Crippen LogP contribution < -0.4 is 5.32 Å². The maximum Gasteiger partial charge on any atom is 0.0682 e. The quantitative estimate of drug-likeness (QED) is 0.873. The van der Waals surface area contributed by atoms with Crippen LogP contribution in [0, 0.1) is 0 Å². The summed E-state index contributed by atoms with van der Waals surface area (Å²) in [5, 5.41) is 7.53. The number of aryl methyl sites for hydroxylation is 1. The van der Waals surface area contributed by atoms with E-state index in [1.807, 2.05) is 17.9 Å². The van der Waals surface area contributed by atoms with Crippen LogP contribution >= 0.6 is 0 Å². The topological polar surface area (TPSA) is 29.9 Å². The van der Waals surface area contributed by atoms with E-state index in [1.54, 1.807) is 0 Å². The van der Waals surface area contributed by atoms with Crippen molar-refractivity contribution in [1.82, 2.24) is 15.1 Å². The molecule has 1 aromatic heterocycles. The second kappa shape index (κ2) is 5.15. The van der Waals surface area contributed by atoms with E-state index in [9.17, 15) is 0 Å². The van der Waals surface area contributed by atoms with E-state index in [0.29, 0.717) is 6.04 Å².